The van der Waals surface area contributed by atoms with Crippen LogP contribution in [0.4, 0.5) is 0 Å². The zero-order valence-electron chi connectivity index (χ0n) is 4.65. The van der Waals surface area contributed by atoms with Crippen molar-refractivity contribution in [3.8, 4) is 0 Å². The molecule has 7 heavy (non-hydrogen) atoms. The summed E-state index contributed by atoms with van der Waals surface area (Å²) in [7, 11) is 0. The predicted molar refractivity (Wildman–Crippen MR) is 29.1 cm³/mol. The molecule has 1 saturated carbocycles. The van der Waals surface area contributed by atoms with E-state index >= 15 is 0 Å². The van der Waals surface area contributed by atoms with E-state index in [1.807, 2.05) is 0 Å². The van der Waals surface area contributed by atoms with Gasteiger partial charge in [0.1, 0.15) is 0 Å². The van der Waals surface area contributed by atoms with Gasteiger partial charge in [0.05, 0.1) is 0 Å². The first-order chi connectivity index (χ1) is 3.00. The van der Waals surface area contributed by atoms with Crippen LogP contribution in [0.1, 0.15) is 38.5 Å². The molecule has 1 rings (SSSR count). The molecule has 0 aromatic carbocycles. The van der Waals surface area contributed by atoms with Crippen LogP contribution in [0.25, 0.3) is 0 Å². The second-order valence-corrected chi connectivity index (χ2v) is 2.12. The summed E-state index contributed by atoms with van der Waals surface area (Å²) < 4.78 is 0. The Morgan fingerprint density at radius 2 is 0.571 bits per heavy atom. The number of rotatable bonds is 0. The molecule has 1 aliphatic carbocycles. The molecule has 0 unspecified atom stereocenters. The summed E-state index contributed by atoms with van der Waals surface area (Å²) in [5, 5.41) is 0. The molecular weight excluding hydrogens is 282 g/mol. The minimum absolute atomic E-state index is 0. The molecule has 1 fully saturated rings. The van der Waals surface area contributed by atoms with Crippen LogP contribution in [-0.4, -0.2) is 0 Å². The fourth-order valence-electron chi connectivity index (χ4n) is 1.06. The van der Waals surface area contributed by atoms with Crippen molar-refractivity contribution in [2.24, 2.45) is 0 Å². The quantitative estimate of drug-likeness (QED) is 0.642. The van der Waals surface area contributed by atoms with Crippen molar-refractivity contribution in [1.29, 1.82) is 0 Å². The van der Waals surface area contributed by atoms with Gasteiger partial charge in [0.15, 0.2) is 0 Å². The standard InChI is InChI=1S/C6H12.AtH/c1-2-4-6-5-3-1;/h1-6H2;1H. The summed E-state index contributed by atoms with van der Waals surface area (Å²) in [5.74, 6) is 0. The first kappa shape index (κ1) is 7.88. The summed E-state index contributed by atoms with van der Waals surface area (Å²) in [6.45, 7) is 0. The molecule has 0 atom stereocenters. The van der Waals surface area contributed by atoms with Gasteiger partial charge in [-0.1, -0.05) is 38.5 Å². The van der Waals surface area contributed by atoms with Crippen LogP contribution < -0.4 is 0 Å². The molecule has 0 radical (unpaired) electrons. The van der Waals surface area contributed by atoms with Crippen LogP contribution in [0.15, 0.2) is 0 Å². The van der Waals surface area contributed by atoms with Gasteiger partial charge in [-0.2, -0.15) is 0 Å². The molecule has 0 aliphatic heterocycles. The third-order valence-corrected chi connectivity index (χ3v) is 1.50. The van der Waals surface area contributed by atoms with Gasteiger partial charge in [-0.15, -0.1) is 0 Å². The second kappa shape index (κ2) is 5.03. The van der Waals surface area contributed by atoms with Gasteiger partial charge < -0.3 is 0 Å². The Hall–Kier alpha value is 0.883. The Balaban J connectivity index is 0.000000360. The fourth-order valence-corrected chi connectivity index (χ4v) is 1.06. The second-order valence-electron chi connectivity index (χ2n) is 2.12. The van der Waals surface area contributed by atoms with Gasteiger partial charge in [0.25, 0.3) is 0 Å². The molecule has 0 bridgehead atoms. The minimum atomic E-state index is 0. The Labute approximate surface area is 64.8 Å². The summed E-state index contributed by atoms with van der Waals surface area (Å²) in [5.41, 5.74) is 0. The molecule has 1 heteroatoms. The number of hydrogen-bond acceptors (Lipinski definition) is 0. The van der Waals surface area contributed by atoms with Crippen LogP contribution in [0.3, 0.4) is 0 Å². The van der Waals surface area contributed by atoms with E-state index < -0.39 is 0 Å². The van der Waals surface area contributed by atoms with E-state index in [1.165, 1.54) is 38.5 Å². The van der Waals surface area contributed by atoms with Gasteiger partial charge in [-0.3, -0.25) is 0 Å². The maximum atomic E-state index is 1.50. The van der Waals surface area contributed by atoms with Gasteiger partial charge in [0, 0.05) is 0 Å². The van der Waals surface area contributed by atoms with Crippen LogP contribution in [-0.2, 0) is 0 Å². The molecule has 0 heterocycles. The maximum absolute atomic E-state index is 1.50. The number of hydrogen-bond donors (Lipinski definition) is 0. The molecule has 0 nitrogen and oxygen atoms in total. The first-order valence-electron chi connectivity index (χ1n) is 3.00. The molecule has 0 aromatic heterocycles. The Kier molecular flexibility index (Phi) is 5.66. The summed E-state index contributed by atoms with van der Waals surface area (Å²) in [4.78, 5) is 0. The molecule has 1 aliphatic rings. The van der Waals surface area contributed by atoms with Gasteiger partial charge in [-0.25, -0.2) is 0 Å². The zero-order valence-corrected chi connectivity index (χ0v) is 7.83. The van der Waals surface area contributed by atoms with E-state index in [2.05, 4.69) is 0 Å². The molecule has 0 N–H and O–H groups in total. The van der Waals surface area contributed by atoms with E-state index in [0.29, 0.717) is 0 Å². The van der Waals surface area contributed by atoms with Crippen LogP contribution in [0.5, 0.6) is 0 Å². The van der Waals surface area contributed by atoms with Crippen molar-refractivity contribution in [3.63, 3.8) is 0 Å². The predicted octanol–water partition coefficient (Wildman–Crippen LogP) is 2.07. The zero-order chi connectivity index (χ0) is 4.24. The molecular formula is C6H13At. The first-order valence-corrected chi connectivity index (χ1v) is 3.00. The van der Waals surface area contributed by atoms with Crippen molar-refractivity contribution in [1.82, 2.24) is 0 Å². The van der Waals surface area contributed by atoms with Crippen LogP contribution >= 0.6 is 0 Å². The summed E-state index contributed by atoms with van der Waals surface area (Å²) in [6, 6.07) is 0. The SMILES string of the molecule is C1CCCCC1.[AtH]. The van der Waals surface area contributed by atoms with E-state index in [0.717, 1.165) is 0 Å². The molecule has 0 spiro atoms. The van der Waals surface area contributed by atoms with E-state index in [-0.39, 0.29) is 26.2 Å². The Morgan fingerprint density at radius 1 is 0.429 bits per heavy atom. The average Bonchev–Trinajstić information content (AvgIpc) is 1.72. The van der Waals surface area contributed by atoms with Crippen LogP contribution in [0, 0.1) is 26.2 Å². The summed E-state index contributed by atoms with van der Waals surface area (Å²) in [6.07, 6.45) is 9.00. The Morgan fingerprint density at radius 3 is 0.714 bits per heavy atom. The Bertz CT molecular complexity index is 19.7. The van der Waals surface area contributed by atoms with Gasteiger partial charge in [-0.05, 0) is 0 Å². The molecule has 44 valence electrons. The van der Waals surface area contributed by atoms with E-state index in [9.17, 15) is 0 Å². The van der Waals surface area contributed by atoms with Gasteiger partial charge >= 0.3 is 26.2 Å². The summed E-state index contributed by atoms with van der Waals surface area (Å²) >= 11 is 0. The molecule has 0 amide bonds. The van der Waals surface area contributed by atoms with Crippen LogP contribution in [0.2, 0.25) is 0 Å². The fraction of sp³-hybridized carbons (Fsp3) is 1.00. The van der Waals surface area contributed by atoms with Gasteiger partial charge in [0.2, 0.25) is 0 Å². The third kappa shape index (κ3) is 3.46. The van der Waals surface area contributed by atoms with Crippen molar-refractivity contribution < 1.29 is 26.2 Å². The van der Waals surface area contributed by atoms with Crippen molar-refractivity contribution in [2.75, 3.05) is 0 Å². The van der Waals surface area contributed by atoms with Crippen molar-refractivity contribution in [3.05, 3.63) is 0 Å². The van der Waals surface area contributed by atoms with Crippen molar-refractivity contribution >= 4 is 0 Å². The normalized spacial score (nSPS) is 20.6. The average molecular weight is 295 g/mol. The topological polar surface area (TPSA) is 0 Å². The van der Waals surface area contributed by atoms with E-state index in [4.69, 9.17) is 0 Å². The molecule has 0 saturated heterocycles. The third-order valence-electron chi connectivity index (χ3n) is 1.50. The molecule has 0 aromatic rings. The van der Waals surface area contributed by atoms with E-state index in [1.54, 1.807) is 0 Å². The van der Waals surface area contributed by atoms with Crippen molar-refractivity contribution in [2.45, 2.75) is 38.5 Å². The monoisotopic (exact) mass is 295 g/mol.